The van der Waals surface area contributed by atoms with Crippen LogP contribution in [0.15, 0.2) is 23.6 Å². The molecule has 1 N–H and O–H groups in total. The molecule has 4 atom stereocenters. The van der Waals surface area contributed by atoms with Gasteiger partial charge in [0.25, 0.3) is 0 Å². The molecular weight excluding hydrogens is 402 g/mol. The van der Waals surface area contributed by atoms with Gasteiger partial charge in [0.15, 0.2) is 18.0 Å². The highest BCUT2D eigenvalue weighted by Gasteiger charge is 2.51. The summed E-state index contributed by atoms with van der Waals surface area (Å²) >= 11 is 0. The number of esters is 3. The molecule has 0 radical (unpaired) electrons. The van der Waals surface area contributed by atoms with Gasteiger partial charge in [-0.15, -0.1) is 0 Å². The fourth-order valence-electron chi connectivity index (χ4n) is 3.07. The van der Waals surface area contributed by atoms with Crippen molar-refractivity contribution in [3.63, 3.8) is 0 Å². The molecule has 1 fully saturated rings. The van der Waals surface area contributed by atoms with Crippen molar-refractivity contribution in [3.8, 4) is 5.82 Å². The molecule has 13 nitrogen and oxygen atoms in total. The van der Waals surface area contributed by atoms with E-state index < -0.39 is 48.0 Å². The summed E-state index contributed by atoms with van der Waals surface area (Å²) < 4.78 is 22.9. The van der Waals surface area contributed by atoms with Gasteiger partial charge in [-0.2, -0.15) is 10.1 Å². The summed E-state index contributed by atoms with van der Waals surface area (Å²) in [5.41, 5.74) is -0.367. The maximum absolute atomic E-state index is 11.8. The number of hydrogen-bond donors (Lipinski definition) is 1. The molecule has 0 amide bonds. The summed E-state index contributed by atoms with van der Waals surface area (Å²) in [4.78, 5) is 56.6. The summed E-state index contributed by atoms with van der Waals surface area (Å²) in [5, 5.41) is 3.96. The van der Waals surface area contributed by atoms with E-state index in [0.29, 0.717) is 0 Å². The Bertz CT molecular complexity index is 988. The third-order valence-electron chi connectivity index (χ3n) is 4.12. The van der Waals surface area contributed by atoms with E-state index in [4.69, 9.17) is 18.9 Å². The summed E-state index contributed by atoms with van der Waals surface area (Å²) in [7, 11) is 0. The Hall–Kier alpha value is -3.61. The zero-order chi connectivity index (χ0) is 21.8. The fraction of sp³-hybridized carbons (Fsp3) is 0.471. The number of ether oxygens (including phenoxy) is 4. The highest BCUT2D eigenvalue weighted by atomic mass is 16.6. The molecule has 1 saturated heterocycles. The van der Waals surface area contributed by atoms with E-state index in [1.165, 1.54) is 44.3 Å². The van der Waals surface area contributed by atoms with Gasteiger partial charge >= 0.3 is 23.6 Å². The fourth-order valence-corrected chi connectivity index (χ4v) is 3.07. The monoisotopic (exact) mass is 421 g/mol. The van der Waals surface area contributed by atoms with E-state index in [-0.39, 0.29) is 18.0 Å². The van der Waals surface area contributed by atoms with Gasteiger partial charge in [-0.1, -0.05) is 0 Å². The van der Waals surface area contributed by atoms with Gasteiger partial charge in [-0.25, -0.2) is 14.5 Å². The molecule has 3 heterocycles. The zero-order valence-corrected chi connectivity index (χ0v) is 16.3. The van der Waals surface area contributed by atoms with E-state index in [1.54, 1.807) is 0 Å². The molecule has 0 bridgehead atoms. The van der Waals surface area contributed by atoms with E-state index >= 15 is 0 Å². The summed E-state index contributed by atoms with van der Waals surface area (Å²) in [6.45, 7) is 3.33. The number of aromatic amines is 1. The van der Waals surface area contributed by atoms with E-state index in [1.807, 2.05) is 0 Å². The molecular formula is C17H19N5O8. The van der Waals surface area contributed by atoms with Crippen LogP contribution in [-0.2, 0) is 33.3 Å². The molecule has 30 heavy (non-hydrogen) atoms. The second-order valence-corrected chi connectivity index (χ2v) is 6.37. The van der Waals surface area contributed by atoms with Crippen LogP contribution in [0, 0.1) is 0 Å². The number of carbonyl (C=O) groups excluding carboxylic acids is 3. The first kappa shape index (κ1) is 21.1. The molecule has 0 aliphatic carbocycles. The maximum atomic E-state index is 11.8. The second kappa shape index (κ2) is 8.82. The van der Waals surface area contributed by atoms with E-state index in [9.17, 15) is 19.2 Å². The molecule has 1 aliphatic heterocycles. The smallest absolute Gasteiger partial charge is 0.346 e. The van der Waals surface area contributed by atoms with Crippen LogP contribution in [-0.4, -0.2) is 67.6 Å². The van der Waals surface area contributed by atoms with E-state index in [2.05, 4.69) is 20.1 Å². The summed E-state index contributed by atoms with van der Waals surface area (Å²) in [5.74, 6) is -1.79. The highest BCUT2D eigenvalue weighted by Crippen LogP contribution is 2.39. The Balaban J connectivity index is 2.05. The van der Waals surface area contributed by atoms with Crippen molar-refractivity contribution in [2.75, 3.05) is 6.61 Å². The molecule has 3 rings (SSSR count). The molecule has 0 spiro atoms. The van der Waals surface area contributed by atoms with E-state index in [0.717, 1.165) is 0 Å². The first-order valence-electron chi connectivity index (χ1n) is 8.84. The highest BCUT2D eigenvalue weighted by molar-refractivity contribution is 5.68. The molecule has 13 heteroatoms. The van der Waals surface area contributed by atoms with Crippen LogP contribution in [0.2, 0.25) is 0 Å². The number of nitrogens with zero attached hydrogens (tertiary/aromatic N) is 4. The number of H-pyrrole nitrogens is 1. The van der Waals surface area contributed by atoms with Crippen molar-refractivity contribution in [2.45, 2.75) is 45.2 Å². The average Bonchev–Trinajstić information content (AvgIpc) is 3.29. The lowest BCUT2D eigenvalue weighted by Gasteiger charge is -2.23. The van der Waals surface area contributed by atoms with Gasteiger partial charge in [0, 0.05) is 32.5 Å². The standard InChI is InChI=1S/C17H19N5O8/c1-8(23)27-5-12-14(28-9(2)24)15(29-10(3)25)13(30-12)11-4-19-17(26)21-16(11)22-7-18-6-20-22/h4,6-7,12-15H,5H2,1-3H3,(H,19,21,26)/t12-,13+,14-,15-/m1/s1. The Morgan fingerprint density at radius 1 is 1.13 bits per heavy atom. The van der Waals surface area contributed by atoms with Gasteiger partial charge in [0.1, 0.15) is 31.5 Å². The predicted molar refractivity (Wildman–Crippen MR) is 95.1 cm³/mol. The van der Waals surface area contributed by atoms with Crippen LogP contribution in [0.4, 0.5) is 0 Å². The second-order valence-electron chi connectivity index (χ2n) is 6.37. The van der Waals surface area contributed by atoms with Gasteiger partial charge < -0.3 is 23.9 Å². The van der Waals surface area contributed by atoms with Gasteiger partial charge in [0.2, 0.25) is 0 Å². The lowest BCUT2D eigenvalue weighted by atomic mass is 10.0. The van der Waals surface area contributed by atoms with Crippen LogP contribution < -0.4 is 5.69 Å². The maximum Gasteiger partial charge on any atom is 0.346 e. The van der Waals surface area contributed by atoms with Crippen LogP contribution in [0.25, 0.3) is 5.82 Å². The Labute approximate surface area is 169 Å². The topological polar surface area (TPSA) is 165 Å². The van der Waals surface area contributed by atoms with Crippen LogP contribution in [0.5, 0.6) is 0 Å². The van der Waals surface area contributed by atoms with Gasteiger partial charge in [-0.05, 0) is 0 Å². The summed E-state index contributed by atoms with van der Waals surface area (Å²) in [6, 6.07) is 0. The Morgan fingerprint density at radius 3 is 2.43 bits per heavy atom. The van der Waals surface area contributed by atoms with Crippen molar-refractivity contribution >= 4 is 17.9 Å². The molecule has 0 aromatic carbocycles. The lowest BCUT2D eigenvalue weighted by molar-refractivity contribution is -0.165. The molecule has 1 aliphatic rings. The number of aromatic nitrogens is 5. The molecule has 160 valence electrons. The normalized spacial score (nSPS) is 23.0. The molecule has 2 aromatic heterocycles. The predicted octanol–water partition coefficient (Wildman–Crippen LogP) is -0.783. The zero-order valence-electron chi connectivity index (χ0n) is 16.3. The van der Waals surface area contributed by atoms with Crippen molar-refractivity contribution in [1.82, 2.24) is 24.7 Å². The first-order chi connectivity index (χ1) is 14.3. The lowest BCUT2D eigenvalue weighted by Crippen LogP contribution is -2.40. The number of nitrogens with one attached hydrogen (secondary N) is 1. The Morgan fingerprint density at radius 2 is 1.83 bits per heavy atom. The average molecular weight is 421 g/mol. The van der Waals surface area contributed by atoms with Crippen molar-refractivity contribution < 1.29 is 33.3 Å². The van der Waals surface area contributed by atoms with Crippen molar-refractivity contribution in [2.24, 2.45) is 0 Å². The molecule has 2 aromatic rings. The van der Waals surface area contributed by atoms with Crippen molar-refractivity contribution in [1.29, 1.82) is 0 Å². The minimum Gasteiger partial charge on any atom is -0.463 e. The summed E-state index contributed by atoms with van der Waals surface area (Å²) in [6.07, 6.45) is -0.261. The third-order valence-corrected chi connectivity index (χ3v) is 4.12. The van der Waals surface area contributed by atoms with Gasteiger partial charge in [-0.3, -0.25) is 14.4 Å². The first-order valence-corrected chi connectivity index (χ1v) is 8.84. The Kier molecular flexibility index (Phi) is 6.20. The number of hydrogen-bond acceptors (Lipinski definition) is 11. The quantitative estimate of drug-likeness (QED) is 0.459. The number of rotatable bonds is 6. The van der Waals surface area contributed by atoms with Crippen LogP contribution in [0.1, 0.15) is 32.4 Å². The van der Waals surface area contributed by atoms with Crippen LogP contribution >= 0.6 is 0 Å². The SMILES string of the molecule is CC(=O)OC[C@H]1O[C@@H](c2c[nH]c(=O)nc2-n2cncn2)[C@@H](OC(C)=O)[C@@H]1OC(C)=O. The van der Waals surface area contributed by atoms with Crippen molar-refractivity contribution in [3.05, 3.63) is 34.9 Å². The largest absolute Gasteiger partial charge is 0.463 e. The minimum atomic E-state index is -1.11. The molecule has 0 saturated carbocycles. The van der Waals surface area contributed by atoms with Gasteiger partial charge in [0.05, 0.1) is 0 Å². The van der Waals surface area contributed by atoms with Crippen LogP contribution in [0.3, 0.4) is 0 Å². The number of carbonyl (C=O) groups is 3. The molecule has 0 unspecified atom stereocenters. The third kappa shape index (κ3) is 4.68. The minimum absolute atomic E-state index is 0.0770.